The standard InChI is InChI=1S/C12H16N4O3S/c1-8-13-9(7-20-8)6-16-10(4-5-18-2)11(14-15-16)12(17)19-3/h7H,4-6H2,1-3H3. The summed E-state index contributed by atoms with van der Waals surface area (Å²) in [7, 11) is 2.93. The highest BCUT2D eigenvalue weighted by molar-refractivity contribution is 7.09. The minimum absolute atomic E-state index is 0.233. The van der Waals surface area contributed by atoms with Crippen LogP contribution in [0.4, 0.5) is 0 Å². The van der Waals surface area contributed by atoms with Crippen LogP contribution in [0.3, 0.4) is 0 Å². The molecule has 0 amide bonds. The summed E-state index contributed by atoms with van der Waals surface area (Å²) in [6, 6.07) is 0. The smallest absolute Gasteiger partial charge is 0.360 e. The molecule has 0 saturated carbocycles. The summed E-state index contributed by atoms with van der Waals surface area (Å²) in [5.74, 6) is -0.489. The first-order valence-corrected chi connectivity index (χ1v) is 6.94. The van der Waals surface area contributed by atoms with Crippen LogP contribution in [0.1, 0.15) is 26.9 Å². The highest BCUT2D eigenvalue weighted by atomic mass is 32.1. The summed E-state index contributed by atoms with van der Waals surface area (Å²) >= 11 is 1.58. The summed E-state index contributed by atoms with van der Waals surface area (Å²) in [5.41, 5.74) is 1.83. The molecule has 20 heavy (non-hydrogen) atoms. The predicted molar refractivity (Wildman–Crippen MR) is 72.9 cm³/mol. The largest absolute Gasteiger partial charge is 0.464 e. The van der Waals surface area contributed by atoms with Crippen LogP contribution < -0.4 is 0 Å². The van der Waals surface area contributed by atoms with Crippen LogP contribution in [0.15, 0.2) is 5.38 Å². The van der Waals surface area contributed by atoms with Crippen molar-refractivity contribution in [3.8, 4) is 0 Å². The van der Waals surface area contributed by atoms with Gasteiger partial charge in [0.1, 0.15) is 0 Å². The summed E-state index contributed by atoms with van der Waals surface area (Å²) in [6.45, 7) is 2.90. The Morgan fingerprint density at radius 1 is 1.45 bits per heavy atom. The molecular weight excluding hydrogens is 280 g/mol. The maximum atomic E-state index is 11.7. The van der Waals surface area contributed by atoms with Crippen LogP contribution >= 0.6 is 11.3 Å². The molecular formula is C12H16N4O3S. The predicted octanol–water partition coefficient (Wildman–Crippen LogP) is 1.07. The summed E-state index contributed by atoms with van der Waals surface area (Å²) < 4.78 is 11.4. The molecule has 8 heteroatoms. The van der Waals surface area contributed by atoms with Gasteiger partial charge in [-0.3, -0.25) is 0 Å². The average Bonchev–Trinajstić information content (AvgIpc) is 3.03. The van der Waals surface area contributed by atoms with E-state index in [1.54, 1.807) is 23.1 Å². The number of esters is 1. The normalized spacial score (nSPS) is 10.8. The van der Waals surface area contributed by atoms with E-state index < -0.39 is 5.97 Å². The fourth-order valence-electron chi connectivity index (χ4n) is 1.80. The van der Waals surface area contributed by atoms with Crippen LogP contribution in [-0.4, -0.2) is 46.8 Å². The van der Waals surface area contributed by atoms with Gasteiger partial charge in [0.25, 0.3) is 0 Å². The third-order valence-electron chi connectivity index (χ3n) is 2.74. The third-order valence-corrected chi connectivity index (χ3v) is 3.56. The molecule has 0 bridgehead atoms. The lowest BCUT2D eigenvalue weighted by molar-refractivity contribution is 0.0592. The minimum Gasteiger partial charge on any atom is -0.464 e. The molecule has 2 aromatic rings. The molecule has 108 valence electrons. The lowest BCUT2D eigenvalue weighted by atomic mass is 10.2. The zero-order valence-corrected chi connectivity index (χ0v) is 12.4. The molecule has 0 aliphatic carbocycles. The molecule has 0 aromatic carbocycles. The van der Waals surface area contributed by atoms with Crippen LogP contribution in [-0.2, 0) is 22.4 Å². The molecule has 0 N–H and O–H groups in total. The molecule has 7 nitrogen and oxygen atoms in total. The lowest BCUT2D eigenvalue weighted by Crippen LogP contribution is -2.12. The Labute approximate surface area is 120 Å². The van der Waals surface area contributed by atoms with Gasteiger partial charge in [0.2, 0.25) is 0 Å². The van der Waals surface area contributed by atoms with Gasteiger partial charge in [-0.05, 0) is 6.92 Å². The van der Waals surface area contributed by atoms with Gasteiger partial charge in [0, 0.05) is 18.9 Å². The number of methoxy groups -OCH3 is 2. The molecule has 0 aliphatic rings. The van der Waals surface area contributed by atoms with Crippen molar-refractivity contribution in [3.63, 3.8) is 0 Å². The van der Waals surface area contributed by atoms with Crippen molar-refractivity contribution in [1.29, 1.82) is 0 Å². The number of aryl methyl sites for hydroxylation is 1. The first-order valence-electron chi connectivity index (χ1n) is 6.06. The van der Waals surface area contributed by atoms with E-state index >= 15 is 0 Å². The molecule has 0 unspecified atom stereocenters. The SMILES string of the molecule is COCCc1c(C(=O)OC)nnn1Cc1csc(C)n1. The van der Waals surface area contributed by atoms with Gasteiger partial charge in [-0.15, -0.1) is 16.4 Å². The van der Waals surface area contributed by atoms with Crippen LogP contribution in [0.5, 0.6) is 0 Å². The maximum Gasteiger partial charge on any atom is 0.360 e. The average molecular weight is 296 g/mol. The molecule has 0 saturated heterocycles. The Balaban J connectivity index is 2.27. The Morgan fingerprint density at radius 3 is 2.85 bits per heavy atom. The number of hydrogen-bond acceptors (Lipinski definition) is 7. The van der Waals surface area contributed by atoms with Gasteiger partial charge in [-0.1, -0.05) is 5.21 Å². The number of aromatic nitrogens is 4. The van der Waals surface area contributed by atoms with E-state index in [-0.39, 0.29) is 5.69 Å². The van der Waals surface area contributed by atoms with Crippen LogP contribution in [0, 0.1) is 6.92 Å². The van der Waals surface area contributed by atoms with Crippen molar-refractivity contribution >= 4 is 17.3 Å². The van der Waals surface area contributed by atoms with E-state index in [0.29, 0.717) is 25.3 Å². The fourth-order valence-corrected chi connectivity index (χ4v) is 2.40. The summed E-state index contributed by atoms with van der Waals surface area (Å²) in [5, 5.41) is 10.9. The van der Waals surface area contributed by atoms with E-state index in [0.717, 1.165) is 10.7 Å². The number of thiazole rings is 1. The second-order valence-electron chi connectivity index (χ2n) is 4.13. The topological polar surface area (TPSA) is 79.1 Å². The highest BCUT2D eigenvalue weighted by Crippen LogP contribution is 2.13. The van der Waals surface area contributed by atoms with Crippen LogP contribution in [0.2, 0.25) is 0 Å². The highest BCUT2D eigenvalue weighted by Gasteiger charge is 2.20. The second kappa shape index (κ2) is 6.58. The van der Waals surface area contributed by atoms with Gasteiger partial charge in [0.05, 0.1) is 36.7 Å². The van der Waals surface area contributed by atoms with Crippen molar-refractivity contribution < 1.29 is 14.3 Å². The molecule has 2 rings (SSSR count). The van der Waals surface area contributed by atoms with Gasteiger partial charge in [-0.2, -0.15) is 0 Å². The Bertz CT molecular complexity index is 593. The first-order chi connectivity index (χ1) is 9.65. The molecule has 0 atom stereocenters. The quantitative estimate of drug-likeness (QED) is 0.742. The van der Waals surface area contributed by atoms with E-state index in [1.165, 1.54) is 7.11 Å². The van der Waals surface area contributed by atoms with Crippen molar-refractivity contribution in [2.24, 2.45) is 0 Å². The molecule has 0 spiro atoms. The van der Waals surface area contributed by atoms with Crippen molar-refractivity contribution in [3.05, 3.63) is 27.5 Å². The first kappa shape index (κ1) is 14.6. The van der Waals surface area contributed by atoms with Gasteiger partial charge in [-0.25, -0.2) is 14.5 Å². The Hall–Kier alpha value is -1.80. The summed E-state index contributed by atoms with van der Waals surface area (Å²) in [6.07, 6.45) is 0.539. The number of carbonyl (C=O) groups is 1. The number of rotatable bonds is 6. The Morgan fingerprint density at radius 2 is 2.25 bits per heavy atom. The van der Waals surface area contributed by atoms with Gasteiger partial charge < -0.3 is 9.47 Å². The van der Waals surface area contributed by atoms with E-state index in [9.17, 15) is 4.79 Å². The number of carbonyl (C=O) groups excluding carboxylic acids is 1. The number of nitrogens with zero attached hydrogens (tertiary/aromatic N) is 4. The van der Waals surface area contributed by atoms with Gasteiger partial charge >= 0.3 is 5.97 Å². The van der Waals surface area contributed by atoms with Crippen LogP contribution in [0.25, 0.3) is 0 Å². The van der Waals surface area contributed by atoms with Crippen molar-refractivity contribution in [2.75, 3.05) is 20.8 Å². The number of hydrogen-bond donors (Lipinski definition) is 0. The molecule has 0 fully saturated rings. The van der Waals surface area contributed by atoms with Crippen molar-refractivity contribution in [1.82, 2.24) is 20.0 Å². The molecule has 2 heterocycles. The molecule has 0 aliphatic heterocycles. The summed E-state index contributed by atoms with van der Waals surface area (Å²) in [4.78, 5) is 16.1. The zero-order valence-electron chi connectivity index (χ0n) is 11.6. The Kier molecular flexibility index (Phi) is 4.80. The lowest BCUT2D eigenvalue weighted by Gasteiger charge is -2.05. The third kappa shape index (κ3) is 3.20. The monoisotopic (exact) mass is 296 g/mol. The van der Waals surface area contributed by atoms with Crippen molar-refractivity contribution in [2.45, 2.75) is 19.9 Å². The molecule has 0 radical (unpaired) electrons. The zero-order chi connectivity index (χ0) is 14.5. The van der Waals surface area contributed by atoms with E-state index in [2.05, 4.69) is 15.3 Å². The fraction of sp³-hybridized carbons (Fsp3) is 0.500. The molecule has 2 aromatic heterocycles. The van der Waals surface area contributed by atoms with Gasteiger partial charge in [0.15, 0.2) is 5.69 Å². The van der Waals surface area contributed by atoms with E-state index in [1.807, 2.05) is 12.3 Å². The second-order valence-corrected chi connectivity index (χ2v) is 5.20. The number of ether oxygens (including phenoxy) is 2. The van der Waals surface area contributed by atoms with E-state index in [4.69, 9.17) is 9.47 Å². The maximum absolute atomic E-state index is 11.7. The minimum atomic E-state index is -0.489.